The molecule has 0 fully saturated rings. The number of hydrogen-bond acceptors (Lipinski definition) is 3. The minimum Gasteiger partial charge on any atom is -0.497 e. The van der Waals surface area contributed by atoms with Gasteiger partial charge in [-0.3, -0.25) is 0 Å². The second-order valence-corrected chi connectivity index (χ2v) is 5.38. The van der Waals surface area contributed by atoms with Crippen molar-refractivity contribution in [2.24, 2.45) is 0 Å². The van der Waals surface area contributed by atoms with E-state index in [1.165, 1.54) is 4.90 Å². The summed E-state index contributed by atoms with van der Waals surface area (Å²) >= 11 is 1.88. The van der Waals surface area contributed by atoms with Crippen molar-refractivity contribution in [2.75, 3.05) is 27.7 Å². The number of rotatable bonds is 5. The van der Waals surface area contributed by atoms with Crippen LogP contribution in [0.15, 0.2) is 29.2 Å². The maximum atomic E-state index is 5.19. The summed E-state index contributed by atoms with van der Waals surface area (Å²) in [6.07, 6.45) is 0. The van der Waals surface area contributed by atoms with Crippen molar-refractivity contribution < 1.29 is 4.74 Å². The number of ether oxygens (including phenoxy) is 1. The molecule has 1 aromatic carbocycles. The smallest absolute Gasteiger partial charge is 0.119 e. The zero-order chi connectivity index (χ0) is 11.3. The molecule has 0 saturated carbocycles. The maximum Gasteiger partial charge on any atom is 0.119 e. The van der Waals surface area contributed by atoms with E-state index in [-0.39, 0.29) is 0 Å². The standard InChI is InChI=1S/C12H19NOS/c1-10(9-13(2)3)15-12-7-5-6-11(8-12)14-4/h5-8,10H,9H2,1-4H3. The first-order valence-electron chi connectivity index (χ1n) is 5.07. The molecule has 3 heteroatoms. The lowest BCUT2D eigenvalue weighted by atomic mass is 10.3. The molecule has 0 radical (unpaired) electrons. The van der Waals surface area contributed by atoms with Gasteiger partial charge in [0.2, 0.25) is 0 Å². The second kappa shape index (κ2) is 6.03. The van der Waals surface area contributed by atoms with Gasteiger partial charge in [0, 0.05) is 16.7 Å². The molecule has 0 aliphatic rings. The molecule has 2 nitrogen and oxygen atoms in total. The van der Waals surface area contributed by atoms with Crippen molar-refractivity contribution in [3.8, 4) is 5.75 Å². The van der Waals surface area contributed by atoms with Gasteiger partial charge in [-0.25, -0.2) is 0 Å². The normalized spacial score (nSPS) is 12.9. The van der Waals surface area contributed by atoms with Gasteiger partial charge >= 0.3 is 0 Å². The Bertz CT molecular complexity index is 301. The predicted octanol–water partition coefficient (Wildman–Crippen LogP) is 2.74. The van der Waals surface area contributed by atoms with Crippen molar-refractivity contribution in [3.63, 3.8) is 0 Å². The molecule has 0 heterocycles. The third-order valence-corrected chi connectivity index (χ3v) is 3.08. The summed E-state index contributed by atoms with van der Waals surface area (Å²) in [5.41, 5.74) is 0. The first-order chi connectivity index (χ1) is 7.11. The fraction of sp³-hybridized carbons (Fsp3) is 0.500. The van der Waals surface area contributed by atoms with Crippen molar-refractivity contribution in [2.45, 2.75) is 17.1 Å². The molecule has 0 amide bonds. The first-order valence-corrected chi connectivity index (χ1v) is 5.95. The van der Waals surface area contributed by atoms with E-state index in [9.17, 15) is 0 Å². The highest BCUT2D eigenvalue weighted by Crippen LogP contribution is 2.26. The molecule has 0 spiro atoms. The van der Waals surface area contributed by atoms with E-state index >= 15 is 0 Å². The number of methoxy groups -OCH3 is 1. The van der Waals surface area contributed by atoms with Crippen LogP contribution in [0.3, 0.4) is 0 Å². The predicted molar refractivity (Wildman–Crippen MR) is 66.9 cm³/mol. The minimum atomic E-state index is 0.590. The number of hydrogen-bond donors (Lipinski definition) is 0. The van der Waals surface area contributed by atoms with E-state index < -0.39 is 0 Å². The Morgan fingerprint density at radius 3 is 2.73 bits per heavy atom. The van der Waals surface area contributed by atoms with Crippen LogP contribution < -0.4 is 4.74 Å². The van der Waals surface area contributed by atoms with E-state index in [2.05, 4.69) is 38.1 Å². The molecule has 84 valence electrons. The highest BCUT2D eigenvalue weighted by atomic mass is 32.2. The van der Waals surface area contributed by atoms with E-state index in [0.29, 0.717) is 5.25 Å². The molecule has 0 aliphatic heterocycles. The molecule has 0 aromatic heterocycles. The molecule has 0 aliphatic carbocycles. The lowest BCUT2D eigenvalue weighted by Crippen LogP contribution is -2.21. The number of thioether (sulfide) groups is 1. The van der Waals surface area contributed by atoms with Crippen molar-refractivity contribution in [3.05, 3.63) is 24.3 Å². The van der Waals surface area contributed by atoms with Gasteiger partial charge in [-0.1, -0.05) is 13.0 Å². The summed E-state index contributed by atoms with van der Waals surface area (Å²) in [6.45, 7) is 3.33. The van der Waals surface area contributed by atoms with Crippen LogP contribution in [0, 0.1) is 0 Å². The first kappa shape index (κ1) is 12.4. The SMILES string of the molecule is COc1cccc(SC(C)CN(C)C)c1. The summed E-state index contributed by atoms with van der Waals surface area (Å²) in [6, 6.07) is 8.21. The average molecular weight is 225 g/mol. The van der Waals surface area contributed by atoms with Crippen LogP contribution in [0.2, 0.25) is 0 Å². The monoisotopic (exact) mass is 225 g/mol. The highest BCUT2D eigenvalue weighted by Gasteiger charge is 2.06. The number of benzene rings is 1. The topological polar surface area (TPSA) is 12.5 Å². The van der Waals surface area contributed by atoms with E-state index in [1.807, 2.05) is 23.9 Å². The molecule has 15 heavy (non-hydrogen) atoms. The van der Waals surface area contributed by atoms with Crippen molar-refractivity contribution in [1.29, 1.82) is 0 Å². The average Bonchev–Trinajstić information content (AvgIpc) is 2.16. The van der Waals surface area contributed by atoms with Crippen LogP contribution in [0.25, 0.3) is 0 Å². The third kappa shape index (κ3) is 4.58. The van der Waals surface area contributed by atoms with Crippen LogP contribution in [-0.2, 0) is 0 Å². The van der Waals surface area contributed by atoms with Gasteiger partial charge in [0.25, 0.3) is 0 Å². The summed E-state index contributed by atoms with van der Waals surface area (Å²) in [5.74, 6) is 0.928. The van der Waals surface area contributed by atoms with E-state index in [0.717, 1.165) is 12.3 Å². The van der Waals surface area contributed by atoms with Crippen LogP contribution in [0.4, 0.5) is 0 Å². The van der Waals surface area contributed by atoms with Crippen LogP contribution >= 0.6 is 11.8 Å². The maximum absolute atomic E-state index is 5.19. The Kier molecular flexibility index (Phi) is 4.99. The third-order valence-electron chi connectivity index (χ3n) is 2.00. The Morgan fingerprint density at radius 1 is 1.40 bits per heavy atom. The molecule has 1 aromatic rings. The van der Waals surface area contributed by atoms with Gasteiger partial charge in [-0.2, -0.15) is 0 Å². The molecule has 1 unspecified atom stereocenters. The molecule has 1 rings (SSSR count). The quantitative estimate of drug-likeness (QED) is 0.715. The zero-order valence-electron chi connectivity index (χ0n) is 9.86. The summed E-state index contributed by atoms with van der Waals surface area (Å²) < 4.78 is 5.19. The highest BCUT2D eigenvalue weighted by molar-refractivity contribution is 8.00. The Balaban J connectivity index is 2.55. The Hall–Kier alpha value is -0.670. The minimum absolute atomic E-state index is 0.590. The largest absolute Gasteiger partial charge is 0.497 e. The molecular formula is C12H19NOS. The van der Waals surface area contributed by atoms with E-state index in [4.69, 9.17) is 4.74 Å². The van der Waals surface area contributed by atoms with Gasteiger partial charge in [-0.15, -0.1) is 11.8 Å². The Morgan fingerprint density at radius 2 is 2.13 bits per heavy atom. The second-order valence-electron chi connectivity index (χ2n) is 3.87. The van der Waals surface area contributed by atoms with Crippen LogP contribution in [0.1, 0.15) is 6.92 Å². The summed E-state index contributed by atoms with van der Waals surface area (Å²) in [4.78, 5) is 3.47. The van der Waals surface area contributed by atoms with Gasteiger partial charge in [0.1, 0.15) is 5.75 Å². The number of nitrogens with zero attached hydrogens (tertiary/aromatic N) is 1. The molecular weight excluding hydrogens is 206 g/mol. The van der Waals surface area contributed by atoms with Crippen molar-refractivity contribution >= 4 is 11.8 Å². The fourth-order valence-corrected chi connectivity index (χ4v) is 2.64. The van der Waals surface area contributed by atoms with E-state index in [1.54, 1.807) is 7.11 Å². The van der Waals surface area contributed by atoms with Gasteiger partial charge in [0.05, 0.1) is 7.11 Å². The van der Waals surface area contributed by atoms with Gasteiger partial charge < -0.3 is 9.64 Å². The molecule has 0 saturated heterocycles. The summed E-state index contributed by atoms with van der Waals surface area (Å²) in [5, 5.41) is 0.590. The molecule has 0 bridgehead atoms. The van der Waals surface area contributed by atoms with Gasteiger partial charge in [-0.05, 0) is 32.3 Å². The fourth-order valence-electron chi connectivity index (χ4n) is 1.46. The van der Waals surface area contributed by atoms with Crippen molar-refractivity contribution in [1.82, 2.24) is 4.90 Å². The lowest BCUT2D eigenvalue weighted by molar-refractivity contribution is 0.412. The zero-order valence-corrected chi connectivity index (χ0v) is 10.7. The van der Waals surface area contributed by atoms with Gasteiger partial charge in [0.15, 0.2) is 0 Å². The van der Waals surface area contributed by atoms with Crippen LogP contribution in [-0.4, -0.2) is 37.9 Å². The van der Waals surface area contributed by atoms with Crippen LogP contribution in [0.5, 0.6) is 5.75 Å². The lowest BCUT2D eigenvalue weighted by Gasteiger charge is -2.16. The summed E-state index contributed by atoms with van der Waals surface area (Å²) in [7, 11) is 5.90. The molecule has 0 N–H and O–H groups in total. The molecule has 1 atom stereocenters. The Labute approximate surface area is 96.6 Å².